The third kappa shape index (κ3) is 30.6. The molecule has 7 N–H and O–H groups in total. The normalized spacial score (nSPS) is 14.1. The van der Waals surface area contributed by atoms with Crippen LogP contribution in [0.1, 0.15) is 124 Å². The number of carboxylic acids is 2. The maximum absolute atomic E-state index is 11.3. The number of aliphatic carboxylic acids is 2. The highest BCUT2D eigenvalue weighted by Gasteiger charge is 2.26. The Morgan fingerprint density at radius 1 is 0.500 bits per heavy atom. The topological polar surface area (TPSA) is 145 Å². The van der Waals surface area contributed by atoms with Crippen LogP contribution in [0.5, 0.6) is 0 Å². The Labute approximate surface area is 341 Å². The van der Waals surface area contributed by atoms with E-state index in [0.29, 0.717) is 37.4 Å². The van der Waals surface area contributed by atoms with Crippen molar-refractivity contribution in [1.29, 1.82) is 0 Å². The molecule has 0 spiro atoms. The number of benzene rings is 3. The molecule has 316 valence electrons. The summed E-state index contributed by atoms with van der Waals surface area (Å²) in [5.74, 6) is -0.309. The van der Waals surface area contributed by atoms with Gasteiger partial charge in [-0.3, -0.25) is 14.9 Å². The standard InChI is InChI=1S/C16H23NO4.C16H27N.C10H14O.C6H15N/c1-11(2)10-14(16(20)21)17-13(15(18)19)9-8-12-6-4-3-5-7-12;1-13(2)12-15(4)17-14(3)10-11-16-8-6-5-7-9-16;1-9(11)7-8-10-5-3-2-4-6-10;1-5(2)4-6(3)7/h3-7,11,13-14,17H,8-10H2,1-2H3,(H,18,19)(H,20,21);5-9,13-15,17H,10-12H2,1-4H3;2-6,9,11H,7-8H2,1H3;5-6H,4,7H2,1-3H3/t13-,14-;14-,15-;9-;6-/m0101/s1. The number of rotatable bonds is 21. The van der Waals surface area contributed by atoms with Crippen LogP contribution in [-0.2, 0) is 28.9 Å². The van der Waals surface area contributed by atoms with E-state index in [-0.39, 0.29) is 12.0 Å². The molecule has 6 atom stereocenters. The summed E-state index contributed by atoms with van der Waals surface area (Å²) in [6.45, 7) is 21.2. The first-order valence-corrected chi connectivity index (χ1v) is 20.9. The van der Waals surface area contributed by atoms with Gasteiger partial charge in [-0.15, -0.1) is 0 Å². The number of hydrogen-bond acceptors (Lipinski definition) is 6. The molecule has 3 rings (SSSR count). The highest BCUT2D eigenvalue weighted by Crippen LogP contribution is 2.11. The molecule has 3 aromatic carbocycles. The number of aryl methyl sites for hydroxylation is 3. The number of hydrogen-bond donors (Lipinski definition) is 6. The number of carbonyl (C=O) groups is 2. The van der Waals surface area contributed by atoms with E-state index < -0.39 is 24.0 Å². The first kappa shape index (κ1) is 52.4. The third-order valence-corrected chi connectivity index (χ3v) is 8.91. The van der Waals surface area contributed by atoms with Crippen molar-refractivity contribution >= 4 is 11.9 Å². The summed E-state index contributed by atoms with van der Waals surface area (Å²) in [7, 11) is 0. The molecule has 8 nitrogen and oxygen atoms in total. The lowest BCUT2D eigenvalue weighted by Gasteiger charge is -2.21. The highest BCUT2D eigenvalue weighted by molar-refractivity contribution is 5.77. The second-order valence-corrected chi connectivity index (χ2v) is 16.7. The smallest absolute Gasteiger partial charge is 0.320 e. The molecule has 0 saturated carbocycles. The predicted molar refractivity (Wildman–Crippen MR) is 236 cm³/mol. The van der Waals surface area contributed by atoms with E-state index in [1.54, 1.807) is 0 Å². The number of aliphatic hydroxyl groups excluding tert-OH is 1. The van der Waals surface area contributed by atoms with Crippen LogP contribution in [0.15, 0.2) is 91.0 Å². The van der Waals surface area contributed by atoms with E-state index in [4.69, 9.17) is 10.8 Å². The zero-order valence-corrected chi connectivity index (χ0v) is 36.5. The predicted octanol–water partition coefficient (Wildman–Crippen LogP) is 9.57. The van der Waals surface area contributed by atoms with Gasteiger partial charge >= 0.3 is 11.9 Å². The van der Waals surface area contributed by atoms with Gasteiger partial charge in [0.15, 0.2) is 0 Å². The fraction of sp³-hybridized carbons (Fsp3) is 0.583. The van der Waals surface area contributed by atoms with Crippen molar-refractivity contribution in [2.45, 2.75) is 163 Å². The summed E-state index contributed by atoms with van der Waals surface area (Å²) >= 11 is 0. The van der Waals surface area contributed by atoms with Crippen LogP contribution >= 0.6 is 0 Å². The Balaban J connectivity index is 0.000000772. The largest absolute Gasteiger partial charge is 0.480 e. The summed E-state index contributed by atoms with van der Waals surface area (Å²) in [6, 6.07) is 30.5. The van der Waals surface area contributed by atoms with Crippen molar-refractivity contribution in [2.75, 3.05) is 0 Å². The van der Waals surface area contributed by atoms with Crippen molar-refractivity contribution in [3.8, 4) is 0 Å². The molecule has 0 aliphatic carbocycles. The van der Waals surface area contributed by atoms with Gasteiger partial charge in [0.1, 0.15) is 12.1 Å². The van der Waals surface area contributed by atoms with Gasteiger partial charge in [-0.1, -0.05) is 133 Å². The molecule has 0 bridgehead atoms. The summed E-state index contributed by atoms with van der Waals surface area (Å²) in [6.07, 6.45) is 7.79. The van der Waals surface area contributed by atoms with Gasteiger partial charge in [-0.25, -0.2) is 0 Å². The van der Waals surface area contributed by atoms with Crippen molar-refractivity contribution in [3.05, 3.63) is 108 Å². The molecule has 0 heterocycles. The number of nitrogens with one attached hydrogen (secondary N) is 2. The third-order valence-electron chi connectivity index (χ3n) is 8.91. The summed E-state index contributed by atoms with van der Waals surface area (Å²) < 4.78 is 0. The lowest BCUT2D eigenvalue weighted by Crippen LogP contribution is -2.47. The van der Waals surface area contributed by atoms with Crippen molar-refractivity contribution in [3.63, 3.8) is 0 Å². The molecule has 0 aromatic heterocycles. The fourth-order valence-corrected chi connectivity index (χ4v) is 6.32. The number of nitrogens with two attached hydrogens (primary N) is 1. The van der Waals surface area contributed by atoms with Crippen LogP contribution in [0.25, 0.3) is 0 Å². The van der Waals surface area contributed by atoms with Crippen LogP contribution < -0.4 is 16.4 Å². The zero-order chi connectivity index (χ0) is 42.5. The van der Waals surface area contributed by atoms with Crippen LogP contribution in [0.2, 0.25) is 0 Å². The molecular formula is C48H79N3O5. The first-order chi connectivity index (χ1) is 26.4. The fourth-order valence-electron chi connectivity index (χ4n) is 6.32. The van der Waals surface area contributed by atoms with Gasteiger partial charge in [0.2, 0.25) is 0 Å². The lowest BCUT2D eigenvalue weighted by molar-refractivity contribution is -0.143. The van der Waals surface area contributed by atoms with Crippen LogP contribution in [0.4, 0.5) is 0 Å². The molecule has 0 unspecified atom stereocenters. The summed E-state index contributed by atoms with van der Waals surface area (Å²) in [5, 5.41) is 33.9. The van der Waals surface area contributed by atoms with Gasteiger partial charge in [0, 0.05) is 18.1 Å². The molecule has 8 heteroatoms. The maximum atomic E-state index is 11.3. The molecule has 0 aliphatic heterocycles. The number of carboxylic acid groups (broad SMARTS) is 2. The van der Waals surface area contributed by atoms with Gasteiger partial charge in [-0.2, -0.15) is 0 Å². The zero-order valence-electron chi connectivity index (χ0n) is 36.5. The van der Waals surface area contributed by atoms with E-state index in [1.165, 1.54) is 30.4 Å². The quantitative estimate of drug-likeness (QED) is 0.0628. The summed E-state index contributed by atoms with van der Waals surface area (Å²) in [4.78, 5) is 22.5. The maximum Gasteiger partial charge on any atom is 0.320 e. The Kier molecular flexibility index (Phi) is 29.5. The second-order valence-electron chi connectivity index (χ2n) is 16.7. The van der Waals surface area contributed by atoms with E-state index in [0.717, 1.165) is 36.7 Å². The van der Waals surface area contributed by atoms with Gasteiger partial charge in [-0.05, 0) is 120 Å². The van der Waals surface area contributed by atoms with E-state index in [1.807, 2.05) is 76.2 Å². The van der Waals surface area contributed by atoms with E-state index in [9.17, 15) is 19.8 Å². The average Bonchev–Trinajstić information content (AvgIpc) is 3.12. The van der Waals surface area contributed by atoms with Crippen molar-refractivity contribution in [2.24, 2.45) is 23.5 Å². The van der Waals surface area contributed by atoms with E-state index in [2.05, 4.69) is 94.6 Å². The molecule has 0 fully saturated rings. The molecule has 0 saturated heterocycles. The molecule has 0 aliphatic rings. The first-order valence-electron chi connectivity index (χ1n) is 20.9. The average molecular weight is 778 g/mol. The second kappa shape index (κ2) is 31.5. The van der Waals surface area contributed by atoms with Gasteiger partial charge in [0.05, 0.1) is 6.10 Å². The Morgan fingerprint density at radius 3 is 1.20 bits per heavy atom. The van der Waals surface area contributed by atoms with Crippen LogP contribution in [0, 0.1) is 17.8 Å². The minimum atomic E-state index is -1.01. The Bertz CT molecular complexity index is 1360. The summed E-state index contributed by atoms with van der Waals surface area (Å²) in [5.41, 5.74) is 9.28. The highest BCUT2D eigenvalue weighted by atomic mass is 16.4. The molecule has 3 aromatic rings. The van der Waals surface area contributed by atoms with Crippen LogP contribution in [0.3, 0.4) is 0 Å². The minimum absolute atomic E-state index is 0.183. The Hall–Kier alpha value is -3.56. The van der Waals surface area contributed by atoms with Gasteiger partial charge < -0.3 is 26.4 Å². The Morgan fingerprint density at radius 2 is 0.875 bits per heavy atom. The molecule has 56 heavy (non-hydrogen) atoms. The van der Waals surface area contributed by atoms with Crippen LogP contribution in [-0.4, -0.2) is 63.6 Å². The van der Waals surface area contributed by atoms with Crippen molar-refractivity contribution < 1.29 is 24.9 Å². The minimum Gasteiger partial charge on any atom is -0.480 e. The number of aliphatic hydroxyl groups is 1. The van der Waals surface area contributed by atoms with E-state index >= 15 is 0 Å². The van der Waals surface area contributed by atoms with Gasteiger partial charge in [0.25, 0.3) is 0 Å². The SMILES string of the molecule is CC(C)C[C@@H](C)N.CC(C)C[C@@H](C)N[C@H](C)CCc1ccccc1.CC(C)C[C@H](N[C@@H](CCc1ccccc1)C(=O)O)C(=O)O.C[C@H](O)CCc1ccccc1. The molecular weight excluding hydrogens is 699 g/mol. The monoisotopic (exact) mass is 778 g/mol. The molecule has 0 radical (unpaired) electrons. The molecule has 0 amide bonds. The lowest BCUT2D eigenvalue weighted by atomic mass is 10.0. The van der Waals surface area contributed by atoms with Crippen molar-refractivity contribution in [1.82, 2.24) is 10.6 Å².